The van der Waals surface area contributed by atoms with Gasteiger partial charge in [-0.05, 0) is 24.6 Å². The van der Waals surface area contributed by atoms with Gasteiger partial charge in [-0.1, -0.05) is 12.1 Å². The fraction of sp³-hybridized carbons (Fsp3) is 0.200. The molecule has 0 spiro atoms. The molecular weight excluding hydrogens is 256 g/mol. The van der Waals surface area contributed by atoms with Gasteiger partial charge in [0, 0.05) is 24.0 Å². The molecule has 0 radical (unpaired) electrons. The fourth-order valence-electron chi connectivity index (χ4n) is 1.58. The van der Waals surface area contributed by atoms with Crippen molar-refractivity contribution >= 4 is 11.6 Å². The first-order chi connectivity index (χ1) is 9.67. The van der Waals surface area contributed by atoms with Crippen LogP contribution in [0.4, 0.5) is 5.69 Å². The third-order valence-electron chi connectivity index (χ3n) is 2.59. The number of carbonyl (C=O) groups excluding carboxylic acids is 1. The van der Waals surface area contributed by atoms with Crippen molar-refractivity contribution < 1.29 is 14.3 Å². The lowest BCUT2D eigenvalue weighted by Gasteiger charge is -2.08. The van der Waals surface area contributed by atoms with Gasteiger partial charge in [-0.2, -0.15) is 0 Å². The molecule has 2 rings (SSSR count). The normalized spacial score (nSPS) is 9.90. The number of nitrogens with zero attached hydrogens (tertiary/aromatic N) is 1. The summed E-state index contributed by atoms with van der Waals surface area (Å²) < 4.78 is 10.4. The molecule has 20 heavy (non-hydrogen) atoms. The summed E-state index contributed by atoms with van der Waals surface area (Å²) >= 11 is 0. The summed E-state index contributed by atoms with van der Waals surface area (Å²) in [5.74, 6) is 0.862. The monoisotopic (exact) mass is 272 g/mol. The maximum Gasteiger partial charge on any atom is 0.262 e. The number of rotatable bonds is 5. The van der Waals surface area contributed by atoms with Crippen LogP contribution in [0.15, 0.2) is 42.6 Å². The number of anilines is 1. The molecule has 1 N–H and O–H groups in total. The van der Waals surface area contributed by atoms with Crippen LogP contribution < -0.4 is 14.8 Å². The van der Waals surface area contributed by atoms with E-state index < -0.39 is 0 Å². The highest BCUT2D eigenvalue weighted by molar-refractivity contribution is 5.92. The molecule has 104 valence electrons. The van der Waals surface area contributed by atoms with E-state index in [-0.39, 0.29) is 12.5 Å². The van der Waals surface area contributed by atoms with Gasteiger partial charge in [0.2, 0.25) is 5.88 Å². The lowest BCUT2D eigenvalue weighted by molar-refractivity contribution is -0.118. The molecule has 1 heterocycles. The first-order valence-corrected chi connectivity index (χ1v) is 6.17. The number of nitrogens with one attached hydrogen (secondary N) is 1. The molecule has 5 heteroatoms. The van der Waals surface area contributed by atoms with Crippen LogP contribution in [0.5, 0.6) is 11.6 Å². The Bertz CT molecular complexity index is 582. The van der Waals surface area contributed by atoms with Gasteiger partial charge >= 0.3 is 0 Å². The van der Waals surface area contributed by atoms with E-state index >= 15 is 0 Å². The van der Waals surface area contributed by atoms with Gasteiger partial charge in [0.05, 0.1) is 7.11 Å². The topological polar surface area (TPSA) is 60.5 Å². The van der Waals surface area contributed by atoms with Crippen molar-refractivity contribution in [3.8, 4) is 11.6 Å². The van der Waals surface area contributed by atoms with Crippen LogP contribution in [0.2, 0.25) is 0 Å². The van der Waals surface area contributed by atoms with E-state index in [1.54, 1.807) is 37.6 Å². The SMILES string of the molecule is COc1cccc(NC(=O)COc2ccc(C)cn2)c1. The summed E-state index contributed by atoms with van der Waals surface area (Å²) in [6.07, 6.45) is 1.69. The molecule has 2 aromatic rings. The van der Waals surface area contributed by atoms with Crippen molar-refractivity contribution in [3.63, 3.8) is 0 Å². The van der Waals surface area contributed by atoms with Crippen LogP contribution in [0.1, 0.15) is 5.56 Å². The molecule has 0 unspecified atom stereocenters. The average Bonchev–Trinajstić information content (AvgIpc) is 2.47. The second kappa shape index (κ2) is 6.56. The number of aromatic nitrogens is 1. The standard InChI is InChI=1S/C15H16N2O3/c1-11-6-7-15(16-9-11)20-10-14(18)17-12-4-3-5-13(8-12)19-2/h3-9H,10H2,1-2H3,(H,17,18). The molecule has 0 atom stereocenters. The largest absolute Gasteiger partial charge is 0.497 e. The van der Waals surface area contributed by atoms with Crippen molar-refractivity contribution in [3.05, 3.63) is 48.2 Å². The van der Waals surface area contributed by atoms with Crippen molar-refractivity contribution in [1.29, 1.82) is 0 Å². The van der Waals surface area contributed by atoms with E-state index in [0.29, 0.717) is 17.3 Å². The summed E-state index contributed by atoms with van der Waals surface area (Å²) in [5.41, 5.74) is 1.70. The summed E-state index contributed by atoms with van der Waals surface area (Å²) in [7, 11) is 1.58. The Balaban J connectivity index is 1.87. The average molecular weight is 272 g/mol. The Labute approximate surface area is 117 Å². The Morgan fingerprint density at radius 3 is 2.85 bits per heavy atom. The zero-order valence-electron chi connectivity index (χ0n) is 11.4. The smallest absolute Gasteiger partial charge is 0.262 e. The van der Waals surface area contributed by atoms with Crippen molar-refractivity contribution in [2.75, 3.05) is 19.0 Å². The molecule has 0 aliphatic carbocycles. The van der Waals surface area contributed by atoms with Crippen LogP contribution in [-0.4, -0.2) is 24.6 Å². The van der Waals surface area contributed by atoms with Gasteiger partial charge < -0.3 is 14.8 Å². The molecule has 0 saturated carbocycles. The predicted octanol–water partition coefficient (Wildman–Crippen LogP) is 2.42. The number of aryl methyl sites for hydroxylation is 1. The van der Waals surface area contributed by atoms with E-state index in [0.717, 1.165) is 5.56 Å². The van der Waals surface area contributed by atoms with Crippen LogP contribution in [-0.2, 0) is 4.79 Å². The summed E-state index contributed by atoms with van der Waals surface area (Å²) in [6.45, 7) is 1.85. The van der Waals surface area contributed by atoms with E-state index in [2.05, 4.69) is 10.3 Å². The third kappa shape index (κ3) is 3.98. The van der Waals surface area contributed by atoms with Gasteiger partial charge in [-0.3, -0.25) is 4.79 Å². The van der Waals surface area contributed by atoms with E-state index in [9.17, 15) is 4.79 Å². The van der Waals surface area contributed by atoms with Crippen LogP contribution >= 0.6 is 0 Å². The molecule has 1 aromatic heterocycles. The number of pyridine rings is 1. The number of benzene rings is 1. The molecule has 1 aromatic carbocycles. The second-order valence-corrected chi connectivity index (χ2v) is 4.24. The van der Waals surface area contributed by atoms with Crippen molar-refractivity contribution in [2.45, 2.75) is 6.92 Å². The Morgan fingerprint density at radius 2 is 2.15 bits per heavy atom. The third-order valence-corrected chi connectivity index (χ3v) is 2.59. The zero-order chi connectivity index (χ0) is 14.4. The minimum atomic E-state index is -0.249. The molecule has 0 fully saturated rings. The van der Waals surface area contributed by atoms with E-state index in [1.165, 1.54) is 0 Å². The molecule has 1 amide bonds. The molecular formula is C15H16N2O3. The first-order valence-electron chi connectivity index (χ1n) is 6.17. The lowest BCUT2D eigenvalue weighted by atomic mass is 10.3. The van der Waals surface area contributed by atoms with Crippen LogP contribution in [0.25, 0.3) is 0 Å². The number of hydrogen-bond acceptors (Lipinski definition) is 4. The number of amides is 1. The quantitative estimate of drug-likeness (QED) is 0.908. The highest BCUT2D eigenvalue weighted by atomic mass is 16.5. The number of methoxy groups -OCH3 is 1. The molecule has 0 saturated heterocycles. The molecule has 0 aliphatic heterocycles. The van der Waals surface area contributed by atoms with Crippen LogP contribution in [0.3, 0.4) is 0 Å². The van der Waals surface area contributed by atoms with Gasteiger partial charge in [0.15, 0.2) is 6.61 Å². The lowest BCUT2D eigenvalue weighted by Crippen LogP contribution is -2.20. The number of ether oxygens (including phenoxy) is 2. The molecule has 5 nitrogen and oxygen atoms in total. The Kier molecular flexibility index (Phi) is 4.55. The van der Waals surface area contributed by atoms with Crippen LogP contribution in [0, 0.1) is 6.92 Å². The van der Waals surface area contributed by atoms with Crippen molar-refractivity contribution in [1.82, 2.24) is 4.98 Å². The highest BCUT2D eigenvalue weighted by Crippen LogP contribution is 2.16. The number of hydrogen-bond donors (Lipinski definition) is 1. The summed E-state index contributed by atoms with van der Waals surface area (Å²) in [5, 5.41) is 2.73. The fourth-order valence-corrected chi connectivity index (χ4v) is 1.58. The van der Waals surface area contributed by atoms with Gasteiger partial charge in [0.25, 0.3) is 5.91 Å². The maximum atomic E-state index is 11.7. The Morgan fingerprint density at radius 1 is 1.30 bits per heavy atom. The van der Waals surface area contributed by atoms with Gasteiger partial charge in [0.1, 0.15) is 5.75 Å². The first kappa shape index (κ1) is 13.9. The van der Waals surface area contributed by atoms with E-state index in [1.807, 2.05) is 19.1 Å². The Hall–Kier alpha value is -2.56. The van der Waals surface area contributed by atoms with Gasteiger partial charge in [-0.15, -0.1) is 0 Å². The van der Waals surface area contributed by atoms with E-state index in [4.69, 9.17) is 9.47 Å². The number of carbonyl (C=O) groups is 1. The molecule has 0 bridgehead atoms. The molecule has 0 aliphatic rings. The summed E-state index contributed by atoms with van der Waals surface area (Å²) in [4.78, 5) is 15.8. The van der Waals surface area contributed by atoms with Crippen molar-refractivity contribution in [2.24, 2.45) is 0 Å². The predicted molar refractivity (Wildman–Crippen MR) is 76.1 cm³/mol. The minimum absolute atomic E-state index is 0.0900. The highest BCUT2D eigenvalue weighted by Gasteiger charge is 2.05. The zero-order valence-corrected chi connectivity index (χ0v) is 11.4. The summed E-state index contributed by atoms with van der Waals surface area (Å²) in [6, 6.07) is 10.7. The van der Waals surface area contributed by atoms with Gasteiger partial charge in [-0.25, -0.2) is 4.98 Å². The minimum Gasteiger partial charge on any atom is -0.497 e. The second-order valence-electron chi connectivity index (χ2n) is 4.24. The maximum absolute atomic E-state index is 11.7.